The van der Waals surface area contributed by atoms with Gasteiger partial charge in [-0.1, -0.05) is 42.5 Å². The third kappa shape index (κ3) is 2.15. The normalized spacial score (nSPS) is 11.0. The van der Waals surface area contributed by atoms with Gasteiger partial charge in [-0.15, -0.1) is 0 Å². The lowest BCUT2D eigenvalue weighted by molar-refractivity contribution is 0.628. The molecule has 3 nitrogen and oxygen atoms in total. The van der Waals surface area contributed by atoms with Crippen LogP contribution in [-0.4, -0.2) is 14.4 Å². The summed E-state index contributed by atoms with van der Waals surface area (Å²) in [5, 5.41) is 0. The van der Waals surface area contributed by atoms with Gasteiger partial charge in [0.15, 0.2) is 5.65 Å². The Bertz CT molecular complexity index is 945. The highest BCUT2D eigenvalue weighted by Gasteiger charge is 2.08. The fourth-order valence-electron chi connectivity index (χ4n) is 2.51. The van der Waals surface area contributed by atoms with E-state index in [4.69, 9.17) is 0 Å². The van der Waals surface area contributed by atoms with Crippen LogP contribution in [0.15, 0.2) is 73.2 Å². The Labute approximate surface area is 126 Å². The van der Waals surface area contributed by atoms with E-state index in [1.165, 1.54) is 12.1 Å². The van der Waals surface area contributed by atoms with Crippen molar-refractivity contribution < 1.29 is 4.39 Å². The van der Waals surface area contributed by atoms with Gasteiger partial charge >= 0.3 is 0 Å². The van der Waals surface area contributed by atoms with Crippen molar-refractivity contribution in [1.82, 2.24) is 14.4 Å². The van der Waals surface area contributed by atoms with Gasteiger partial charge < -0.3 is 0 Å². The molecule has 0 N–H and O–H groups in total. The van der Waals surface area contributed by atoms with Gasteiger partial charge in [0.1, 0.15) is 5.82 Å². The number of halogens is 1. The van der Waals surface area contributed by atoms with Crippen molar-refractivity contribution in [3.05, 3.63) is 79.0 Å². The maximum atomic E-state index is 13.5. The van der Waals surface area contributed by atoms with Gasteiger partial charge in [0.25, 0.3) is 0 Å². The van der Waals surface area contributed by atoms with Crippen LogP contribution in [-0.2, 0) is 0 Å². The zero-order valence-electron chi connectivity index (χ0n) is 11.6. The van der Waals surface area contributed by atoms with E-state index >= 15 is 0 Å². The van der Waals surface area contributed by atoms with Crippen molar-refractivity contribution in [3.8, 4) is 22.5 Å². The van der Waals surface area contributed by atoms with Gasteiger partial charge in [-0.25, -0.2) is 9.37 Å². The predicted octanol–water partition coefficient (Wildman–Crippen LogP) is 4.20. The Morgan fingerprint density at radius 2 is 1.64 bits per heavy atom. The number of nitrogens with zero attached hydrogens (tertiary/aromatic N) is 3. The lowest BCUT2D eigenvalue weighted by Crippen LogP contribution is -1.93. The maximum Gasteiger partial charge on any atom is 0.155 e. The first-order valence-electron chi connectivity index (χ1n) is 6.96. The maximum absolute atomic E-state index is 13.5. The Hall–Kier alpha value is -3.01. The quantitative estimate of drug-likeness (QED) is 0.553. The summed E-state index contributed by atoms with van der Waals surface area (Å²) in [6.07, 6.45) is 5.39. The minimum Gasteiger partial charge on any atom is -0.296 e. The average molecular weight is 289 g/mol. The molecule has 0 bridgehead atoms. The summed E-state index contributed by atoms with van der Waals surface area (Å²) in [7, 11) is 0. The fourth-order valence-corrected chi connectivity index (χ4v) is 2.51. The lowest BCUT2D eigenvalue weighted by Gasteiger charge is -2.05. The molecule has 0 spiro atoms. The zero-order chi connectivity index (χ0) is 14.9. The highest BCUT2D eigenvalue weighted by molar-refractivity contribution is 5.66. The molecule has 0 radical (unpaired) electrons. The summed E-state index contributed by atoms with van der Waals surface area (Å²) in [5.74, 6) is -0.259. The molecule has 0 aliphatic carbocycles. The van der Waals surface area contributed by atoms with Crippen LogP contribution in [0.2, 0.25) is 0 Å². The highest BCUT2D eigenvalue weighted by Crippen LogP contribution is 2.24. The molecule has 2 aromatic carbocycles. The second kappa shape index (κ2) is 5.07. The number of aromatic nitrogens is 3. The average Bonchev–Trinajstić information content (AvgIpc) is 2.99. The van der Waals surface area contributed by atoms with Crippen LogP contribution < -0.4 is 0 Å². The van der Waals surface area contributed by atoms with E-state index in [9.17, 15) is 4.39 Å². The summed E-state index contributed by atoms with van der Waals surface area (Å²) in [6, 6.07) is 16.4. The van der Waals surface area contributed by atoms with Crippen molar-refractivity contribution in [2.24, 2.45) is 0 Å². The number of benzene rings is 2. The van der Waals surface area contributed by atoms with Crippen molar-refractivity contribution in [2.45, 2.75) is 0 Å². The predicted molar refractivity (Wildman–Crippen MR) is 83.8 cm³/mol. The molecule has 2 heterocycles. The van der Waals surface area contributed by atoms with Crippen molar-refractivity contribution >= 4 is 5.65 Å². The Balaban J connectivity index is 1.91. The van der Waals surface area contributed by atoms with E-state index in [1.807, 2.05) is 47.0 Å². The third-order valence-corrected chi connectivity index (χ3v) is 3.59. The van der Waals surface area contributed by atoms with Gasteiger partial charge in [0, 0.05) is 17.3 Å². The molecule has 0 saturated heterocycles. The van der Waals surface area contributed by atoms with E-state index in [-0.39, 0.29) is 5.82 Å². The van der Waals surface area contributed by atoms with Crippen molar-refractivity contribution in [2.75, 3.05) is 0 Å². The van der Waals surface area contributed by atoms with Gasteiger partial charge in [-0.05, 0) is 12.1 Å². The molecule has 4 aromatic rings. The van der Waals surface area contributed by atoms with E-state index in [2.05, 4.69) is 9.97 Å². The van der Waals surface area contributed by atoms with Gasteiger partial charge in [-0.2, -0.15) is 0 Å². The van der Waals surface area contributed by atoms with Crippen LogP contribution in [0.4, 0.5) is 4.39 Å². The molecule has 4 rings (SSSR count). The van der Waals surface area contributed by atoms with E-state index in [0.717, 1.165) is 28.2 Å². The summed E-state index contributed by atoms with van der Waals surface area (Å²) < 4.78 is 15.4. The van der Waals surface area contributed by atoms with Crippen LogP contribution in [0.1, 0.15) is 0 Å². The standard InChI is InChI=1S/C18H12FN3/c19-15-8-4-7-14(9-15)17-10-21-18-11-20-16(12-22(17)18)13-5-2-1-3-6-13/h1-12H. The van der Waals surface area contributed by atoms with Crippen LogP contribution in [0, 0.1) is 5.82 Å². The van der Waals surface area contributed by atoms with Crippen molar-refractivity contribution in [3.63, 3.8) is 0 Å². The molecule has 0 amide bonds. The molecule has 0 atom stereocenters. The van der Waals surface area contributed by atoms with Gasteiger partial charge in [-0.3, -0.25) is 9.38 Å². The zero-order valence-corrected chi connectivity index (χ0v) is 11.6. The number of hydrogen-bond acceptors (Lipinski definition) is 2. The van der Waals surface area contributed by atoms with E-state index in [1.54, 1.807) is 18.5 Å². The first-order valence-corrected chi connectivity index (χ1v) is 6.96. The first-order chi connectivity index (χ1) is 10.8. The number of fused-ring (bicyclic) bond motifs is 1. The minimum absolute atomic E-state index is 0.259. The summed E-state index contributed by atoms with van der Waals surface area (Å²) >= 11 is 0. The minimum atomic E-state index is -0.259. The SMILES string of the molecule is Fc1cccc(-c2cnc3cnc(-c4ccccc4)cn23)c1. The fraction of sp³-hybridized carbons (Fsp3) is 0. The molecule has 0 aliphatic heterocycles. The first kappa shape index (κ1) is 12.7. The Kier molecular flexibility index (Phi) is 2.93. The van der Waals surface area contributed by atoms with Crippen LogP contribution in [0.3, 0.4) is 0 Å². The van der Waals surface area contributed by atoms with Crippen LogP contribution in [0.5, 0.6) is 0 Å². The lowest BCUT2D eigenvalue weighted by atomic mass is 10.1. The van der Waals surface area contributed by atoms with Crippen molar-refractivity contribution in [1.29, 1.82) is 0 Å². The third-order valence-electron chi connectivity index (χ3n) is 3.59. The summed E-state index contributed by atoms with van der Waals surface area (Å²) in [4.78, 5) is 8.78. The highest BCUT2D eigenvalue weighted by atomic mass is 19.1. The molecule has 106 valence electrons. The molecular formula is C18H12FN3. The molecule has 22 heavy (non-hydrogen) atoms. The molecule has 0 unspecified atom stereocenters. The van der Waals surface area contributed by atoms with Crippen LogP contribution in [0.25, 0.3) is 28.2 Å². The number of imidazole rings is 1. The second-order valence-electron chi connectivity index (χ2n) is 5.02. The molecule has 2 aromatic heterocycles. The Morgan fingerprint density at radius 1 is 0.818 bits per heavy atom. The molecule has 0 fully saturated rings. The monoisotopic (exact) mass is 289 g/mol. The molecular weight excluding hydrogens is 277 g/mol. The molecule has 0 aliphatic rings. The largest absolute Gasteiger partial charge is 0.296 e. The van der Waals surface area contributed by atoms with E-state index < -0.39 is 0 Å². The number of rotatable bonds is 2. The van der Waals surface area contributed by atoms with Gasteiger partial charge in [0.05, 0.1) is 23.8 Å². The second-order valence-corrected chi connectivity index (χ2v) is 5.02. The molecule has 0 saturated carbocycles. The molecule has 4 heteroatoms. The number of hydrogen-bond donors (Lipinski definition) is 0. The Morgan fingerprint density at radius 3 is 2.45 bits per heavy atom. The van der Waals surface area contributed by atoms with Gasteiger partial charge in [0.2, 0.25) is 0 Å². The van der Waals surface area contributed by atoms with Crippen LogP contribution >= 0.6 is 0 Å². The summed E-state index contributed by atoms with van der Waals surface area (Å²) in [5.41, 5.74) is 4.25. The smallest absolute Gasteiger partial charge is 0.155 e. The topological polar surface area (TPSA) is 30.2 Å². The summed E-state index contributed by atoms with van der Waals surface area (Å²) in [6.45, 7) is 0. The van der Waals surface area contributed by atoms with E-state index in [0.29, 0.717) is 0 Å².